The van der Waals surface area contributed by atoms with Crippen LogP contribution in [0, 0.1) is 16.7 Å². The number of allylic oxidation sites excluding steroid dienone is 1. The molecule has 0 radical (unpaired) electrons. The maximum Gasteiger partial charge on any atom is 0.315 e. The third-order valence-corrected chi connectivity index (χ3v) is 11.2. The number of amides is 5. The molecule has 0 aromatic carbocycles. The summed E-state index contributed by atoms with van der Waals surface area (Å²) in [5.74, 6) is -2.85. The summed E-state index contributed by atoms with van der Waals surface area (Å²) in [6.45, 7) is 17.3. The monoisotopic (exact) mass is 722 g/mol. The standard InChI is InChI=1S/C36H62N6O7S/c1-11-16-26(29(43)32(45)37-20-12-2)38-31(44)28-25(22-24(3)4)17-21-42(28)33(46)30(36(8)18-14-13-15-19-36)40-34(47)39-27(35(5,6)7)23-41(9)50(10,48)49/h12,22,25-28,30H,2,11,13-21,23H2,1,3-10H3,(H,37,45)(H,38,44)(H2,39,40,47)/t25-,26?,27-,28+,30-/m1/s1. The third-order valence-electron chi connectivity index (χ3n) is 9.96. The summed E-state index contributed by atoms with van der Waals surface area (Å²) in [6, 6.07) is -4.20. The number of ketones is 1. The fourth-order valence-corrected chi connectivity index (χ4v) is 7.25. The molecule has 2 aliphatic rings. The number of rotatable bonds is 16. The molecule has 4 N–H and O–H groups in total. The largest absolute Gasteiger partial charge is 0.346 e. The molecule has 1 saturated heterocycles. The van der Waals surface area contributed by atoms with Crippen LogP contribution < -0.4 is 21.3 Å². The molecule has 14 heteroatoms. The smallest absolute Gasteiger partial charge is 0.315 e. The van der Waals surface area contributed by atoms with E-state index in [9.17, 15) is 32.4 Å². The quantitative estimate of drug-likeness (QED) is 0.140. The van der Waals surface area contributed by atoms with E-state index in [0.717, 1.165) is 31.1 Å². The van der Waals surface area contributed by atoms with E-state index in [1.807, 2.05) is 54.5 Å². The Hall–Kier alpha value is -3.26. The molecule has 1 aliphatic carbocycles. The Kier molecular flexibility index (Phi) is 15.7. The normalized spacial score (nSPS) is 21.0. The molecule has 2 rings (SSSR count). The summed E-state index contributed by atoms with van der Waals surface area (Å²) >= 11 is 0. The van der Waals surface area contributed by atoms with Gasteiger partial charge in [-0.1, -0.05) is 78.0 Å². The Labute approximate surface area is 299 Å². The predicted molar refractivity (Wildman–Crippen MR) is 195 cm³/mol. The van der Waals surface area contributed by atoms with Crippen LogP contribution in [0.2, 0.25) is 0 Å². The lowest BCUT2D eigenvalue weighted by Gasteiger charge is -2.43. The van der Waals surface area contributed by atoms with Crippen molar-refractivity contribution in [3.05, 3.63) is 24.3 Å². The van der Waals surface area contributed by atoms with Crippen LogP contribution in [0.25, 0.3) is 0 Å². The van der Waals surface area contributed by atoms with Crippen molar-refractivity contribution in [1.82, 2.24) is 30.5 Å². The first-order chi connectivity index (χ1) is 23.2. The second kappa shape index (κ2) is 18.3. The number of carbonyl (C=O) groups excluding carboxylic acids is 5. The highest BCUT2D eigenvalue weighted by molar-refractivity contribution is 7.88. The Morgan fingerprint density at radius 3 is 2.18 bits per heavy atom. The topological polar surface area (TPSA) is 174 Å². The summed E-state index contributed by atoms with van der Waals surface area (Å²) in [5, 5.41) is 11.2. The number of Topliss-reactive ketones (excluding diaryl/α,β-unsaturated/α-hetero) is 1. The van der Waals surface area contributed by atoms with Crippen LogP contribution in [0.4, 0.5) is 4.79 Å². The number of urea groups is 1. The molecule has 0 spiro atoms. The van der Waals surface area contributed by atoms with Crippen LogP contribution in [0.5, 0.6) is 0 Å². The fraction of sp³-hybridized carbons (Fsp3) is 0.750. The minimum atomic E-state index is -3.51. The molecule has 13 nitrogen and oxygen atoms in total. The first kappa shape index (κ1) is 42.9. The van der Waals surface area contributed by atoms with E-state index in [2.05, 4.69) is 27.8 Å². The lowest BCUT2D eigenvalue weighted by molar-refractivity contribution is -0.145. The van der Waals surface area contributed by atoms with Gasteiger partial charge in [0.05, 0.1) is 12.3 Å². The zero-order chi connectivity index (χ0) is 38.0. The van der Waals surface area contributed by atoms with Crippen molar-refractivity contribution >= 4 is 39.6 Å². The van der Waals surface area contributed by atoms with E-state index < -0.39 is 74.6 Å². The van der Waals surface area contributed by atoms with Crippen molar-refractivity contribution in [3.63, 3.8) is 0 Å². The molecule has 1 heterocycles. The Morgan fingerprint density at radius 1 is 1.04 bits per heavy atom. The van der Waals surface area contributed by atoms with Gasteiger partial charge in [0, 0.05) is 38.6 Å². The molecule has 5 amide bonds. The minimum Gasteiger partial charge on any atom is -0.346 e. The number of nitrogens with zero attached hydrogens (tertiary/aromatic N) is 2. The van der Waals surface area contributed by atoms with Gasteiger partial charge in [0.2, 0.25) is 27.6 Å². The van der Waals surface area contributed by atoms with Crippen LogP contribution >= 0.6 is 0 Å². The van der Waals surface area contributed by atoms with E-state index in [-0.39, 0.29) is 32.0 Å². The summed E-state index contributed by atoms with van der Waals surface area (Å²) in [5.41, 5.74) is -0.157. The summed E-state index contributed by atoms with van der Waals surface area (Å²) < 4.78 is 25.6. The molecule has 50 heavy (non-hydrogen) atoms. The molecule has 5 atom stereocenters. The zero-order valence-electron chi connectivity index (χ0n) is 31.7. The summed E-state index contributed by atoms with van der Waals surface area (Å²) in [4.78, 5) is 69.8. The van der Waals surface area contributed by atoms with Crippen molar-refractivity contribution in [1.29, 1.82) is 0 Å². The maximum absolute atomic E-state index is 14.8. The van der Waals surface area contributed by atoms with Crippen molar-refractivity contribution in [2.24, 2.45) is 16.7 Å². The molecule has 2 fully saturated rings. The number of nitrogens with one attached hydrogen (secondary N) is 4. The molecule has 1 saturated carbocycles. The number of sulfonamides is 1. The minimum absolute atomic E-state index is 0.0354. The van der Waals surface area contributed by atoms with Crippen LogP contribution in [0.1, 0.15) is 99.8 Å². The lowest BCUT2D eigenvalue weighted by Crippen LogP contribution is -2.63. The average Bonchev–Trinajstić information content (AvgIpc) is 3.43. The number of likely N-dealkylation sites (N-methyl/N-ethyl adjacent to an activating group) is 1. The van der Waals surface area contributed by atoms with Gasteiger partial charge < -0.3 is 26.2 Å². The van der Waals surface area contributed by atoms with Crippen molar-refractivity contribution in [3.8, 4) is 0 Å². The number of hydrogen-bond acceptors (Lipinski definition) is 7. The first-order valence-electron chi connectivity index (χ1n) is 17.8. The fourth-order valence-electron chi connectivity index (χ4n) is 6.83. The second-order valence-electron chi connectivity index (χ2n) is 15.6. The van der Waals surface area contributed by atoms with Gasteiger partial charge in [-0.3, -0.25) is 19.2 Å². The van der Waals surface area contributed by atoms with Crippen LogP contribution in [0.15, 0.2) is 24.3 Å². The zero-order valence-corrected chi connectivity index (χ0v) is 32.5. The molecule has 0 aromatic rings. The predicted octanol–water partition coefficient (Wildman–Crippen LogP) is 3.27. The van der Waals surface area contributed by atoms with Gasteiger partial charge in [-0.15, -0.1) is 6.58 Å². The number of likely N-dealkylation sites (tertiary alicyclic amines) is 1. The first-order valence-corrected chi connectivity index (χ1v) is 19.7. The van der Waals surface area contributed by atoms with Crippen molar-refractivity contribution in [2.45, 2.75) is 124 Å². The van der Waals surface area contributed by atoms with Gasteiger partial charge in [-0.25, -0.2) is 17.5 Å². The highest BCUT2D eigenvalue weighted by Crippen LogP contribution is 2.41. The lowest BCUT2D eigenvalue weighted by atomic mass is 9.70. The summed E-state index contributed by atoms with van der Waals surface area (Å²) in [6.07, 6.45) is 9.95. The molecular weight excluding hydrogens is 660 g/mol. The molecule has 0 aromatic heterocycles. The van der Waals surface area contributed by atoms with Crippen molar-refractivity contribution < 1.29 is 32.4 Å². The SMILES string of the molecule is C=CCNC(=O)C(=O)C(CCC)NC(=O)[C@@H]1[C@@H](C=C(C)C)CCN1C(=O)[C@@H](NC(=O)N[C@H](CN(C)S(C)(=O)=O)C(C)(C)C)C1(C)CCCCC1. The van der Waals surface area contributed by atoms with Gasteiger partial charge in [-0.2, -0.15) is 0 Å². The van der Waals surface area contributed by atoms with E-state index in [1.165, 1.54) is 22.3 Å². The van der Waals surface area contributed by atoms with Gasteiger partial charge in [0.1, 0.15) is 12.1 Å². The Bertz CT molecular complexity index is 1380. The van der Waals surface area contributed by atoms with Crippen LogP contribution in [-0.2, 0) is 29.2 Å². The van der Waals surface area contributed by atoms with Gasteiger partial charge in [0.15, 0.2) is 0 Å². The number of carbonyl (C=O) groups is 5. The molecule has 1 aliphatic heterocycles. The molecular formula is C36H62N6O7S. The maximum atomic E-state index is 14.8. The van der Waals surface area contributed by atoms with E-state index in [4.69, 9.17) is 0 Å². The van der Waals surface area contributed by atoms with Crippen molar-refractivity contribution in [2.75, 3.05) is 32.9 Å². The molecule has 0 bridgehead atoms. The number of hydrogen-bond donors (Lipinski definition) is 4. The van der Waals surface area contributed by atoms with Gasteiger partial charge >= 0.3 is 6.03 Å². The molecule has 1 unspecified atom stereocenters. The van der Waals surface area contributed by atoms with Crippen LogP contribution in [0.3, 0.4) is 0 Å². The highest BCUT2D eigenvalue weighted by Gasteiger charge is 2.49. The van der Waals surface area contributed by atoms with Gasteiger partial charge in [0.25, 0.3) is 5.91 Å². The third kappa shape index (κ3) is 11.9. The molecule has 284 valence electrons. The highest BCUT2D eigenvalue weighted by atomic mass is 32.2. The van der Waals surface area contributed by atoms with E-state index in [0.29, 0.717) is 25.7 Å². The van der Waals surface area contributed by atoms with Gasteiger partial charge in [-0.05, 0) is 50.4 Å². The Balaban J connectivity index is 2.48. The van der Waals surface area contributed by atoms with Crippen LogP contribution in [-0.4, -0.2) is 104 Å². The van der Waals surface area contributed by atoms with E-state index >= 15 is 0 Å². The Morgan fingerprint density at radius 2 is 1.66 bits per heavy atom. The summed E-state index contributed by atoms with van der Waals surface area (Å²) in [7, 11) is -2.06. The van der Waals surface area contributed by atoms with E-state index in [1.54, 1.807) is 0 Å². The second-order valence-corrected chi connectivity index (χ2v) is 17.7. The average molecular weight is 723 g/mol.